The highest BCUT2D eigenvalue weighted by Crippen LogP contribution is 2.26. The van der Waals surface area contributed by atoms with Gasteiger partial charge in [0, 0.05) is 0 Å². The van der Waals surface area contributed by atoms with E-state index in [9.17, 15) is 0 Å². The number of benzene rings is 1. The SMILES string of the molecule is CCOc1ccccc1OCCCNC. The minimum atomic E-state index is 0.664. The van der Waals surface area contributed by atoms with Gasteiger partial charge in [-0.3, -0.25) is 0 Å². The first-order chi connectivity index (χ1) is 7.38. The molecule has 0 aromatic heterocycles. The molecule has 1 N–H and O–H groups in total. The second-order valence-corrected chi connectivity index (χ2v) is 3.19. The number of para-hydroxylation sites is 2. The summed E-state index contributed by atoms with van der Waals surface area (Å²) in [7, 11) is 1.94. The molecule has 1 rings (SSSR count). The molecule has 0 spiro atoms. The third kappa shape index (κ3) is 4.21. The van der Waals surface area contributed by atoms with Crippen molar-refractivity contribution in [3.05, 3.63) is 24.3 Å². The van der Waals surface area contributed by atoms with Crippen molar-refractivity contribution in [2.24, 2.45) is 0 Å². The third-order valence-electron chi connectivity index (χ3n) is 1.98. The van der Waals surface area contributed by atoms with Crippen molar-refractivity contribution in [3.8, 4) is 11.5 Å². The zero-order chi connectivity index (χ0) is 10.9. The summed E-state index contributed by atoms with van der Waals surface area (Å²) in [5.74, 6) is 1.65. The molecular formula is C12H19NO2. The van der Waals surface area contributed by atoms with E-state index >= 15 is 0 Å². The van der Waals surface area contributed by atoms with E-state index in [2.05, 4.69) is 5.32 Å². The number of nitrogens with one attached hydrogen (secondary N) is 1. The van der Waals surface area contributed by atoms with Crippen LogP contribution in [0.3, 0.4) is 0 Å². The monoisotopic (exact) mass is 209 g/mol. The molecule has 0 heterocycles. The molecule has 84 valence electrons. The summed E-state index contributed by atoms with van der Waals surface area (Å²) in [6, 6.07) is 7.77. The van der Waals surface area contributed by atoms with E-state index in [4.69, 9.17) is 9.47 Å². The topological polar surface area (TPSA) is 30.5 Å². The van der Waals surface area contributed by atoms with Crippen LogP contribution in [0.15, 0.2) is 24.3 Å². The first-order valence-corrected chi connectivity index (χ1v) is 5.37. The van der Waals surface area contributed by atoms with Crippen LogP contribution in [0.25, 0.3) is 0 Å². The highest BCUT2D eigenvalue weighted by Gasteiger charge is 2.02. The molecule has 0 bridgehead atoms. The molecule has 0 fully saturated rings. The predicted octanol–water partition coefficient (Wildman–Crippen LogP) is 2.07. The third-order valence-corrected chi connectivity index (χ3v) is 1.98. The van der Waals surface area contributed by atoms with Crippen LogP contribution in [0, 0.1) is 0 Å². The Hall–Kier alpha value is -1.22. The van der Waals surface area contributed by atoms with Crippen molar-refractivity contribution in [2.75, 3.05) is 26.8 Å². The maximum absolute atomic E-state index is 5.63. The minimum absolute atomic E-state index is 0.664. The van der Waals surface area contributed by atoms with Crippen LogP contribution in [-0.2, 0) is 0 Å². The first kappa shape index (κ1) is 11.9. The Kier molecular flexibility index (Phi) is 5.63. The number of hydrogen-bond donors (Lipinski definition) is 1. The van der Waals surface area contributed by atoms with Gasteiger partial charge in [0.1, 0.15) is 0 Å². The fourth-order valence-corrected chi connectivity index (χ4v) is 1.28. The van der Waals surface area contributed by atoms with E-state index in [0.29, 0.717) is 13.2 Å². The molecule has 15 heavy (non-hydrogen) atoms. The molecule has 0 radical (unpaired) electrons. The Morgan fingerprint density at radius 2 is 1.80 bits per heavy atom. The van der Waals surface area contributed by atoms with Gasteiger partial charge < -0.3 is 14.8 Å². The van der Waals surface area contributed by atoms with Crippen molar-refractivity contribution in [1.82, 2.24) is 5.32 Å². The van der Waals surface area contributed by atoms with Crippen molar-refractivity contribution < 1.29 is 9.47 Å². The van der Waals surface area contributed by atoms with Crippen LogP contribution in [0.2, 0.25) is 0 Å². The number of rotatable bonds is 7. The largest absolute Gasteiger partial charge is 0.490 e. The van der Waals surface area contributed by atoms with Crippen molar-refractivity contribution in [3.63, 3.8) is 0 Å². The van der Waals surface area contributed by atoms with Gasteiger partial charge in [-0.05, 0) is 39.1 Å². The molecular weight excluding hydrogens is 190 g/mol. The molecule has 1 aromatic rings. The molecule has 0 saturated heterocycles. The standard InChI is InChI=1S/C12H19NO2/c1-3-14-11-7-4-5-8-12(11)15-10-6-9-13-2/h4-5,7-8,13H,3,6,9-10H2,1-2H3. The summed E-state index contributed by atoms with van der Waals surface area (Å²) in [5, 5.41) is 3.08. The second-order valence-electron chi connectivity index (χ2n) is 3.19. The van der Waals surface area contributed by atoms with E-state index in [-0.39, 0.29) is 0 Å². The lowest BCUT2D eigenvalue weighted by molar-refractivity contribution is 0.273. The van der Waals surface area contributed by atoms with E-state index in [1.807, 2.05) is 38.2 Å². The van der Waals surface area contributed by atoms with Gasteiger partial charge in [0.15, 0.2) is 11.5 Å². The first-order valence-electron chi connectivity index (χ1n) is 5.37. The Morgan fingerprint density at radius 3 is 2.40 bits per heavy atom. The quantitative estimate of drug-likeness (QED) is 0.697. The fourth-order valence-electron chi connectivity index (χ4n) is 1.28. The highest BCUT2D eigenvalue weighted by molar-refractivity contribution is 5.39. The van der Waals surface area contributed by atoms with E-state index in [1.54, 1.807) is 0 Å². The van der Waals surface area contributed by atoms with E-state index < -0.39 is 0 Å². The van der Waals surface area contributed by atoms with E-state index in [1.165, 1.54) is 0 Å². The molecule has 3 heteroatoms. The van der Waals surface area contributed by atoms with Crippen LogP contribution in [0.4, 0.5) is 0 Å². The lowest BCUT2D eigenvalue weighted by Crippen LogP contribution is -2.11. The van der Waals surface area contributed by atoms with Crippen molar-refractivity contribution in [1.29, 1.82) is 0 Å². The molecule has 0 atom stereocenters. The Balaban J connectivity index is 2.44. The summed E-state index contributed by atoms with van der Waals surface area (Å²) in [6.07, 6.45) is 0.997. The van der Waals surface area contributed by atoms with Gasteiger partial charge in [0.25, 0.3) is 0 Å². The number of ether oxygens (including phenoxy) is 2. The molecule has 1 aromatic carbocycles. The molecule has 0 amide bonds. The summed E-state index contributed by atoms with van der Waals surface area (Å²) in [6.45, 7) is 4.32. The smallest absolute Gasteiger partial charge is 0.161 e. The van der Waals surface area contributed by atoms with Crippen LogP contribution >= 0.6 is 0 Å². The maximum atomic E-state index is 5.63. The van der Waals surface area contributed by atoms with Crippen LogP contribution < -0.4 is 14.8 Å². The maximum Gasteiger partial charge on any atom is 0.161 e. The van der Waals surface area contributed by atoms with Gasteiger partial charge in [-0.2, -0.15) is 0 Å². The van der Waals surface area contributed by atoms with Gasteiger partial charge >= 0.3 is 0 Å². The predicted molar refractivity (Wildman–Crippen MR) is 61.6 cm³/mol. The Bertz CT molecular complexity index is 276. The molecule has 3 nitrogen and oxygen atoms in total. The van der Waals surface area contributed by atoms with Gasteiger partial charge in [-0.25, -0.2) is 0 Å². The summed E-state index contributed by atoms with van der Waals surface area (Å²) in [5.41, 5.74) is 0. The zero-order valence-electron chi connectivity index (χ0n) is 9.45. The number of hydrogen-bond acceptors (Lipinski definition) is 3. The summed E-state index contributed by atoms with van der Waals surface area (Å²) in [4.78, 5) is 0. The van der Waals surface area contributed by atoms with Crippen molar-refractivity contribution in [2.45, 2.75) is 13.3 Å². The fraction of sp³-hybridized carbons (Fsp3) is 0.500. The van der Waals surface area contributed by atoms with Crippen LogP contribution in [-0.4, -0.2) is 26.8 Å². The normalized spacial score (nSPS) is 10.0. The zero-order valence-corrected chi connectivity index (χ0v) is 9.45. The van der Waals surface area contributed by atoms with Gasteiger partial charge in [-0.1, -0.05) is 12.1 Å². The lowest BCUT2D eigenvalue weighted by Gasteiger charge is -2.11. The van der Waals surface area contributed by atoms with Crippen molar-refractivity contribution >= 4 is 0 Å². The van der Waals surface area contributed by atoms with E-state index in [0.717, 1.165) is 24.5 Å². The van der Waals surface area contributed by atoms with Crippen LogP contribution in [0.5, 0.6) is 11.5 Å². The van der Waals surface area contributed by atoms with Gasteiger partial charge in [0.05, 0.1) is 13.2 Å². The summed E-state index contributed by atoms with van der Waals surface area (Å²) >= 11 is 0. The second kappa shape index (κ2) is 7.12. The minimum Gasteiger partial charge on any atom is -0.490 e. The molecule has 0 unspecified atom stereocenters. The average Bonchev–Trinajstić information content (AvgIpc) is 2.27. The molecule has 0 saturated carbocycles. The molecule has 0 aliphatic carbocycles. The lowest BCUT2D eigenvalue weighted by atomic mass is 10.3. The van der Waals surface area contributed by atoms with Crippen LogP contribution in [0.1, 0.15) is 13.3 Å². The average molecular weight is 209 g/mol. The van der Waals surface area contributed by atoms with Gasteiger partial charge in [-0.15, -0.1) is 0 Å². The van der Waals surface area contributed by atoms with Gasteiger partial charge in [0.2, 0.25) is 0 Å². The highest BCUT2D eigenvalue weighted by atomic mass is 16.5. The Morgan fingerprint density at radius 1 is 1.13 bits per heavy atom. The Labute approximate surface area is 91.4 Å². The molecule has 0 aliphatic rings. The summed E-state index contributed by atoms with van der Waals surface area (Å²) < 4.78 is 11.1. The molecule has 0 aliphatic heterocycles.